The molecule has 3 rings (SSSR count). The summed E-state index contributed by atoms with van der Waals surface area (Å²) in [5.41, 5.74) is 0.970. The van der Waals surface area contributed by atoms with Gasteiger partial charge in [-0.15, -0.1) is 0 Å². The second-order valence-electron chi connectivity index (χ2n) is 8.89. The quantitative estimate of drug-likeness (QED) is 0.711. The van der Waals surface area contributed by atoms with Gasteiger partial charge in [-0.3, -0.25) is 9.59 Å². The molecule has 8 heteroatoms. The minimum absolute atomic E-state index is 0.154. The minimum Gasteiger partial charge on any atom is -0.339 e. The summed E-state index contributed by atoms with van der Waals surface area (Å²) in [5.74, 6) is 0.297. The highest BCUT2D eigenvalue weighted by Crippen LogP contribution is 2.28. The van der Waals surface area contributed by atoms with Gasteiger partial charge in [-0.1, -0.05) is 38.0 Å². The minimum atomic E-state index is -3.80. The predicted octanol–water partition coefficient (Wildman–Crippen LogP) is 2.16. The monoisotopic (exact) mass is 435 g/mol. The van der Waals surface area contributed by atoms with Crippen LogP contribution in [0.4, 0.5) is 0 Å². The lowest BCUT2D eigenvalue weighted by Gasteiger charge is -2.39. The Hall–Kier alpha value is -1.93. The molecule has 1 saturated carbocycles. The second-order valence-corrected chi connectivity index (χ2v) is 10.6. The fourth-order valence-electron chi connectivity index (χ4n) is 3.92. The number of sulfonamides is 1. The fourth-order valence-corrected chi connectivity index (χ4v) is 5.13. The van der Waals surface area contributed by atoms with Gasteiger partial charge in [-0.25, -0.2) is 8.42 Å². The van der Waals surface area contributed by atoms with Gasteiger partial charge in [0.25, 0.3) is 0 Å². The topological polar surface area (TPSA) is 86.8 Å². The first-order chi connectivity index (χ1) is 14.2. The molecule has 166 valence electrons. The van der Waals surface area contributed by atoms with Gasteiger partial charge in [0.15, 0.2) is 0 Å². The molecular weight excluding hydrogens is 402 g/mol. The molecule has 1 atom stereocenters. The van der Waals surface area contributed by atoms with E-state index in [0.29, 0.717) is 32.6 Å². The number of nitrogens with one attached hydrogen (secondary N) is 1. The fraction of sp³-hybridized carbons (Fsp3) is 0.636. The van der Waals surface area contributed by atoms with Crippen molar-refractivity contribution in [1.29, 1.82) is 0 Å². The summed E-state index contributed by atoms with van der Waals surface area (Å²) in [6, 6.07) is 5.78. The normalized spacial score (nSPS) is 18.9. The Morgan fingerprint density at radius 2 is 1.60 bits per heavy atom. The third-order valence-electron chi connectivity index (χ3n) is 5.99. The first-order valence-electron chi connectivity index (χ1n) is 10.8. The largest absolute Gasteiger partial charge is 0.339 e. The van der Waals surface area contributed by atoms with Crippen LogP contribution >= 0.6 is 0 Å². The molecule has 1 N–H and O–H groups in total. The van der Waals surface area contributed by atoms with E-state index in [0.717, 1.165) is 24.8 Å². The number of carbonyl (C=O) groups excluding carboxylic acids is 2. The van der Waals surface area contributed by atoms with Crippen LogP contribution in [0.5, 0.6) is 0 Å². The zero-order valence-corrected chi connectivity index (χ0v) is 19.0. The maximum absolute atomic E-state index is 13.2. The predicted molar refractivity (Wildman–Crippen MR) is 115 cm³/mol. The summed E-state index contributed by atoms with van der Waals surface area (Å²) in [4.78, 5) is 29.3. The van der Waals surface area contributed by atoms with Crippen molar-refractivity contribution in [2.24, 2.45) is 11.8 Å². The van der Waals surface area contributed by atoms with Crippen molar-refractivity contribution in [2.45, 2.75) is 57.4 Å². The van der Waals surface area contributed by atoms with Gasteiger partial charge >= 0.3 is 0 Å². The first-order valence-corrected chi connectivity index (χ1v) is 12.3. The first kappa shape index (κ1) is 22.7. The zero-order valence-electron chi connectivity index (χ0n) is 18.1. The Labute approximate surface area is 179 Å². The van der Waals surface area contributed by atoms with E-state index in [9.17, 15) is 18.0 Å². The van der Waals surface area contributed by atoms with Crippen molar-refractivity contribution in [1.82, 2.24) is 14.5 Å². The van der Waals surface area contributed by atoms with E-state index < -0.39 is 16.1 Å². The van der Waals surface area contributed by atoms with Gasteiger partial charge in [0, 0.05) is 32.1 Å². The third kappa shape index (κ3) is 5.40. The van der Waals surface area contributed by atoms with Crippen molar-refractivity contribution in [3.8, 4) is 0 Å². The summed E-state index contributed by atoms with van der Waals surface area (Å²) in [6.45, 7) is 7.74. The molecule has 1 saturated heterocycles. The van der Waals surface area contributed by atoms with E-state index in [1.807, 2.05) is 25.7 Å². The number of benzene rings is 1. The van der Waals surface area contributed by atoms with Gasteiger partial charge in [0.05, 0.1) is 4.90 Å². The van der Waals surface area contributed by atoms with Gasteiger partial charge in [-0.05, 0) is 44.2 Å². The van der Waals surface area contributed by atoms with Gasteiger partial charge < -0.3 is 9.80 Å². The van der Waals surface area contributed by atoms with Gasteiger partial charge in [0.2, 0.25) is 21.8 Å². The Kier molecular flexibility index (Phi) is 7.18. The maximum atomic E-state index is 13.2. The van der Waals surface area contributed by atoms with Crippen molar-refractivity contribution in [3.05, 3.63) is 29.8 Å². The van der Waals surface area contributed by atoms with Gasteiger partial charge in [-0.2, -0.15) is 4.72 Å². The van der Waals surface area contributed by atoms with Gasteiger partial charge in [0.1, 0.15) is 6.04 Å². The van der Waals surface area contributed by atoms with E-state index in [1.54, 1.807) is 29.2 Å². The molecule has 0 radical (unpaired) electrons. The summed E-state index contributed by atoms with van der Waals surface area (Å²) in [7, 11) is -3.80. The molecular formula is C22H33N3O4S. The number of piperazine rings is 1. The lowest BCUT2D eigenvalue weighted by Crippen LogP contribution is -2.57. The Balaban J connectivity index is 1.65. The number of hydrogen-bond donors (Lipinski definition) is 1. The summed E-state index contributed by atoms with van der Waals surface area (Å²) in [6.07, 6.45) is 3.47. The molecule has 1 unspecified atom stereocenters. The molecule has 1 aromatic rings. The summed E-state index contributed by atoms with van der Waals surface area (Å²) in [5, 5.41) is 0. The smallest absolute Gasteiger partial charge is 0.241 e. The van der Waals surface area contributed by atoms with E-state index in [4.69, 9.17) is 0 Å². The number of rotatable bonds is 7. The van der Waals surface area contributed by atoms with Crippen LogP contribution in [0.2, 0.25) is 0 Å². The standard InChI is InChI=1S/C22H33N3O4S/c1-16(2)15-20(23-30(28,29)19-9-7-17(3)8-10-19)22(27)25-13-11-24(12-14-25)21(26)18-5-4-6-18/h7-10,16,18,20,23H,4-6,11-15H2,1-3H3. The number of carbonyl (C=O) groups is 2. The molecule has 1 aliphatic heterocycles. The highest BCUT2D eigenvalue weighted by molar-refractivity contribution is 7.89. The SMILES string of the molecule is Cc1ccc(S(=O)(=O)NC(CC(C)C)C(=O)N2CCN(C(=O)C3CCC3)CC2)cc1. The lowest BCUT2D eigenvalue weighted by atomic mass is 9.84. The van der Waals surface area contributed by atoms with E-state index in [-0.39, 0.29) is 28.5 Å². The van der Waals surface area contributed by atoms with Crippen LogP contribution in [0.15, 0.2) is 29.2 Å². The van der Waals surface area contributed by atoms with Crippen LogP contribution in [-0.2, 0) is 19.6 Å². The Bertz CT molecular complexity index is 855. The molecule has 2 aliphatic rings. The Morgan fingerprint density at radius 1 is 1.03 bits per heavy atom. The number of amides is 2. The highest BCUT2D eigenvalue weighted by atomic mass is 32.2. The molecule has 7 nitrogen and oxygen atoms in total. The lowest BCUT2D eigenvalue weighted by molar-refractivity contribution is -0.144. The van der Waals surface area contributed by atoms with Crippen molar-refractivity contribution >= 4 is 21.8 Å². The van der Waals surface area contributed by atoms with Crippen LogP contribution in [0.25, 0.3) is 0 Å². The third-order valence-corrected chi connectivity index (χ3v) is 7.48. The van der Waals surface area contributed by atoms with Crippen molar-refractivity contribution in [3.63, 3.8) is 0 Å². The molecule has 1 aliphatic carbocycles. The molecule has 0 spiro atoms. The Morgan fingerprint density at radius 3 is 2.10 bits per heavy atom. The highest BCUT2D eigenvalue weighted by Gasteiger charge is 2.35. The number of aryl methyl sites for hydroxylation is 1. The molecule has 1 heterocycles. The van der Waals surface area contributed by atoms with Crippen LogP contribution in [0.1, 0.15) is 45.1 Å². The maximum Gasteiger partial charge on any atom is 0.241 e. The number of nitrogens with zero attached hydrogens (tertiary/aromatic N) is 2. The van der Waals surface area contributed by atoms with Crippen LogP contribution in [-0.4, -0.2) is 62.3 Å². The van der Waals surface area contributed by atoms with E-state index >= 15 is 0 Å². The molecule has 30 heavy (non-hydrogen) atoms. The van der Waals surface area contributed by atoms with Crippen LogP contribution < -0.4 is 4.72 Å². The second kappa shape index (κ2) is 9.47. The summed E-state index contributed by atoms with van der Waals surface area (Å²) >= 11 is 0. The molecule has 0 bridgehead atoms. The molecule has 1 aromatic carbocycles. The van der Waals surface area contributed by atoms with Crippen molar-refractivity contribution in [2.75, 3.05) is 26.2 Å². The molecule has 0 aromatic heterocycles. The average Bonchev–Trinajstić information content (AvgIpc) is 2.65. The number of hydrogen-bond acceptors (Lipinski definition) is 4. The van der Waals surface area contributed by atoms with Crippen molar-refractivity contribution < 1.29 is 18.0 Å². The van der Waals surface area contributed by atoms with Crippen LogP contribution in [0.3, 0.4) is 0 Å². The summed E-state index contributed by atoms with van der Waals surface area (Å²) < 4.78 is 28.3. The zero-order chi connectivity index (χ0) is 21.9. The van der Waals surface area contributed by atoms with E-state index in [1.165, 1.54) is 0 Å². The van der Waals surface area contributed by atoms with E-state index in [2.05, 4.69) is 4.72 Å². The molecule has 2 amide bonds. The molecule has 2 fully saturated rings. The average molecular weight is 436 g/mol. The van der Waals surface area contributed by atoms with Crippen LogP contribution in [0, 0.1) is 18.8 Å².